The Morgan fingerprint density at radius 2 is 1.88 bits per heavy atom. The third-order valence-electron chi connectivity index (χ3n) is 5.74. The SMILES string of the molecule is CC(C)(C)c1cn(C[C@H]2CCCN(C(=O)NC3CCCCCC3)C2)nn1. The van der Waals surface area contributed by atoms with Gasteiger partial charge in [-0.1, -0.05) is 51.7 Å². The van der Waals surface area contributed by atoms with E-state index in [1.54, 1.807) is 0 Å². The summed E-state index contributed by atoms with van der Waals surface area (Å²) in [5.74, 6) is 0.457. The van der Waals surface area contributed by atoms with Crippen molar-refractivity contribution in [2.45, 2.75) is 90.1 Å². The van der Waals surface area contributed by atoms with Gasteiger partial charge in [0.05, 0.1) is 5.69 Å². The van der Waals surface area contributed by atoms with Crippen LogP contribution in [0.25, 0.3) is 0 Å². The summed E-state index contributed by atoms with van der Waals surface area (Å²) in [4.78, 5) is 14.7. The standard InChI is InChI=1S/C20H35N5O/c1-20(2,3)18-15-25(23-22-18)14-16-9-8-12-24(13-16)19(26)21-17-10-6-4-5-7-11-17/h15-17H,4-14H2,1-3H3,(H,21,26)/t16-/m0/s1. The van der Waals surface area contributed by atoms with Gasteiger partial charge in [-0.05, 0) is 31.6 Å². The second-order valence-corrected chi connectivity index (χ2v) is 9.17. The number of carbonyl (C=O) groups excluding carboxylic acids is 1. The van der Waals surface area contributed by atoms with Crippen molar-refractivity contribution in [1.82, 2.24) is 25.2 Å². The van der Waals surface area contributed by atoms with Crippen LogP contribution in [-0.4, -0.2) is 45.1 Å². The molecule has 2 heterocycles. The highest BCUT2D eigenvalue weighted by Crippen LogP contribution is 2.22. The molecule has 26 heavy (non-hydrogen) atoms. The maximum absolute atomic E-state index is 12.7. The Bertz CT molecular complexity index is 583. The van der Waals surface area contributed by atoms with Crippen LogP contribution in [0.2, 0.25) is 0 Å². The lowest BCUT2D eigenvalue weighted by Gasteiger charge is -2.33. The van der Waals surface area contributed by atoms with Crippen molar-refractivity contribution in [2.75, 3.05) is 13.1 Å². The van der Waals surface area contributed by atoms with E-state index < -0.39 is 0 Å². The molecule has 0 spiro atoms. The quantitative estimate of drug-likeness (QED) is 0.835. The first kappa shape index (κ1) is 19.2. The summed E-state index contributed by atoms with van der Waals surface area (Å²) in [6, 6.07) is 0.505. The van der Waals surface area contributed by atoms with Crippen molar-refractivity contribution in [3.63, 3.8) is 0 Å². The summed E-state index contributed by atoms with van der Waals surface area (Å²) >= 11 is 0. The average Bonchev–Trinajstić information content (AvgIpc) is 2.92. The van der Waals surface area contributed by atoms with Gasteiger partial charge in [-0.2, -0.15) is 0 Å². The minimum Gasteiger partial charge on any atom is -0.335 e. The number of aromatic nitrogens is 3. The zero-order valence-electron chi connectivity index (χ0n) is 16.7. The van der Waals surface area contributed by atoms with Crippen molar-refractivity contribution in [3.8, 4) is 0 Å². The van der Waals surface area contributed by atoms with Gasteiger partial charge in [-0.3, -0.25) is 4.68 Å². The van der Waals surface area contributed by atoms with Crippen molar-refractivity contribution >= 4 is 6.03 Å². The molecule has 0 bridgehead atoms. The second-order valence-electron chi connectivity index (χ2n) is 9.17. The number of piperidine rings is 1. The summed E-state index contributed by atoms with van der Waals surface area (Å²) in [7, 11) is 0. The van der Waals surface area contributed by atoms with E-state index in [0.29, 0.717) is 12.0 Å². The smallest absolute Gasteiger partial charge is 0.317 e. The average molecular weight is 362 g/mol. The maximum atomic E-state index is 12.7. The number of nitrogens with zero attached hydrogens (tertiary/aromatic N) is 4. The normalized spacial score (nSPS) is 22.9. The minimum atomic E-state index is 0.0233. The van der Waals surface area contributed by atoms with E-state index in [4.69, 9.17) is 0 Å². The Morgan fingerprint density at radius 3 is 2.54 bits per heavy atom. The maximum Gasteiger partial charge on any atom is 0.317 e. The first-order valence-corrected chi connectivity index (χ1v) is 10.4. The molecule has 0 aromatic carbocycles. The van der Waals surface area contributed by atoms with Crippen LogP contribution in [0.5, 0.6) is 0 Å². The molecule has 1 aliphatic carbocycles. The van der Waals surface area contributed by atoms with Crippen molar-refractivity contribution < 1.29 is 4.79 Å². The molecule has 1 aromatic heterocycles. The number of rotatable bonds is 3. The van der Waals surface area contributed by atoms with Gasteiger partial charge in [0.1, 0.15) is 0 Å². The van der Waals surface area contributed by atoms with Crippen LogP contribution in [0.15, 0.2) is 6.20 Å². The van der Waals surface area contributed by atoms with Gasteiger partial charge in [0.25, 0.3) is 0 Å². The molecule has 1 saturated heterocycles. The number of amides is 2. The number of hydrogen-bond acceptors (Lipinski definition) is 3. The predicted octanol–water partition coefficient (Wildman–Crippen LogP) is 3.72. The van der Waals surface area contributed by atoms with Crippen LogP contribution in [0.1, 0.15) is 77.8 Å². The lowest BCUT2D eigenvalue weighted by molar-refractivity contribution is 0.153. The highest BCUT2D eigenvalue weighted by atomic mass is 16.2. The molecule has 2 amide bonds. The Hall–Kier alpha value is -1.59. The molecule has 1 atom stereocenters. The van der Waals surface area contributed by atoms with Gasteiger partial charge >= 0.3 is 6.03 Å². The Labute approximate surface area is 157 Å². The summed E-state index contributed by atoms with van der Waals surface area (Å²) in [5, 5.41) is 11.9. The van der Waals surface area contributed by atoms with Crippen LogP contribution in [0, 0.1) is 5.92 Å². The number of nitrogens with one attached hydrogen (secondary N) is 1. The number of likely N-dealkylation sites (tertiary alicyclic amines) is 1. The Kier molecular flexibility index (Phi) is 6.20. The molecule has 2 fully saturated rings. The fraction of sp³-hybridized carbons (Fsp3) is 0.850. The zero-order valence-corrected chi connectivity index (χ0v) is 16.7. The molecular weight excluding hydrogens is 326 g/mol. The monoisotopic (exact) mass is 361 g/mol. The fourth-order valence-electron chi connectivity index (χ4n) is 4.08. The molecule has 1 N–H and O–H groups in total. The molecule has 3 rings (SSSR count). The van der Waals surface area contributed by atoms with E-state index in [1.807, 2.05) is 9.58 Å². The van der Waals surface area contributed by atoms with Gasteiger partial charge in [-0.15, -0.1) is 5.10 Å². The van der Waals surface area contributed by atoms with E-state index in [-0.39, 0.29) is 11.4 Å². The Morgan fingerprint density at radius 1 is 1.15 bits per heavy atom. The van der Waals surface area contributed by atoms with Crippen LogP contribution >= 0.6 is 0 Å². The molecule has 1 saturated carbocycles. The van der Waals surface area contributed by atoms with Crippen LogP contribution < -0.4 is 5.32 Å². The minimum absolute atomic E-state index is 0.0233. The molecule has 0 radical (unpaired) electrons. The second kappa shape index (κ2) is 8.40. The lowest BCUT2D eigenvalue weighted by atomic mass is 9.93. The third-order valence-corrected chi connectivity index (χ3v) is 5.74. The summed E-state index contributed by atoms with van der Waals surface area (Å²) in [5.41, 5.74) is 1.05. The Balaban J connectivity index is 1.51. The molecule has 146 valence electrons. The lowest BCUT2D eigenvalue weighted by Crippen LogP contribution is -2.49. The number of carbonyl (C=O) groups is 1. The van der Waals surface area contributed by atoms with Crippen LogP contribution in [0.4, 0.5) is 4.79 Å². The molecule has 6 heteroatoms. The molecule has 0 unspecified atom stereocenters. The third kappa shape index (κ3) is 5.21. The van der Waals surface area contributed by atoms with E-state index in [2.05, 4.69) is 42.6 Å². The summed E-state index contributed by atoms with van der Waals surface area (Å²) in [6.07, 6.45) is 11.7. The van der Waals surface area contributed by atoms with Gasteiger partial charge in [0.2, 0.25) is 0 Å². The summed E-state index contributed by atoms with van der Waals surface area (Å²) < 4.78 is 1.96. The molecule has 2 aliphatic rings. The van der Waals surface area contributed by atoms with Crippen molar-refractivity contribution in [2.24, 2.45) is 5.92 Å². The van der Waals surface area contributed by atoms with Gasteiger partial charge in [-0.25, -0.2) is 4.79 Å². The first-order valence-electron chi connectivity index (χ1n) is 10.4. The highest BCUT2D eigenvalue weighted by Gasteiger charge is 2.26. The van der Waals surface area contributed by atoms with E-state index in [0.717, 1.165) is 51.0 Å². The molecular formula is C20H35N5O. The topological polar surface area (TPSA) is 63.1 Å². The summed E-state index contributed by atoms with van der Waals surface area (Å²) in [6.45, 7) is 9.00. The zero-order chi connectivity index (χ0) is 18.6. The van der Waals surface area contributed by atoms with Crippen molar-refractivity contribution in [3.05, 3.63) is 11.9 Å². The van der Waals surface area contributed by atoms with Crippen molar-refractivity contribution in [1.29, 1.82) is 0 Å². The van der Waals surface area contributed by atoms with E-state index in [1.165, 1.54) is 25.7 Å². The van der Waals surface area contributed by atoms with Crippen LogP contribution in [0.3, 0.4) is 0 Å². The molecule has 6 nitrogen and oxygen atoms in total. The first-order chi connectivity index (χ1) is 12.4. The van der Waals surface area contributed by atoms with Gasteiger partial charge < -0.3 is 10.2 Å². The van der Waals surface area contributed by atoms with Gasteiger partial charge in [0.15, 0.2) is 0 Å². The predicted molar refractivity (Wildman–Crippen MR) is 103 cm³/mol. The molecule has 1 aliphatic heterocycles. The number of hydrogen-bond donors (Lipinski definition) is 1. The largest absolute Gasteiger partial charge is 0.335 e. The van der Waals surface area contributed by atoms with Crippen LogP contribution in [-0.2, 0) is 12.0 Å². The fourth-order valence-corrected chi connectivity index (χ4v) is 4.08. The number of urea groups is 1. The van der Waals surface area contributed by atoms with Gasteiger partial charge in [0, 0.05) is 37.3 Å². The van der Waals surface area contributed by atoms with E-state index in [9.17, 15) is 4.79 Å². The highest BCUT2D eigenvalue weighted by molar-refractivity contribution is 5.74. The van der Waals surface area contributed by atoms with E-state index >= 15 is 0 Å². The molecule has 1 aromatic rings.